The lowest BCUT2D eigenvalue weighted by Gasteiger charge is -2.08. The topological polar surface area (TPSA) is 52.4 Å². The van der Waals surface area contributed by atoms with Gasteiger partial charge in [0.1, 0.15) is 5.75 Å². The molecule has 6 heteroatoms. The van der Waals surface area contributed by atoms with Crippen LogP contribution in [-0.2, 0) is 5.88 Å². The summed E-state index contributed by atoms with van der Waals surface area (Å²) in [4.78, 5) is 10.4. The molecule has 4 nitrogen and oxygen atoms in total. The normalized spacial score (nSPS) is 10.2. The van der Waals surface area contributed by atoms with E-state index in [4.69, 9.17) is 16.3 Å². The molecule has 0 bridgehead atoms. The highest BCUT2D eigenvalue weighted by Gasteiger charge is 2.15. The van der Waals surface area contributed by atoms with E-state index >= 15 is 0 Å². The van der Waals surface area contributed by atoms with Gasteiger partial charge in [0.25, 0.3) is 0 Å². The number of nitro groups is 1. The Bertz CT molecular complexity index is 619. The molecule has 0 heterocycles. The Morgan fingerprint density at radius 1 is 1.21 bits per heavy atom. The molecular weight excluding hydrogens is 334 g/mol. The van der Waals surface area contributed by atoms with Gasteiger partial charge in [0, 0.05) is 11.9 Å². The number of hydrogen-bond acceptors (Lipinski definition) is 3. The summed E-state index contributed by atoms with van der Waals surface area (Å²) in [6.07, 6.45) is 0. The van der Waals surface area contributed by atoms with Crippen LogP contribution < -0.4 is 4.74 Å². The molecular formula is C13H9BrClNO3. The smallest absolute Gasteiger partial charge is 0.311 e. The molecule has 0 saturated carbocycles. The maximum atomic E-state index is 10.9. The molecule has 98 valence electrons. The molecule has 0 spiro atoms. The van der Waals surface area contributed by atoms with E-state index < -0.39 is 4.92 Å². The molecule has 19 heavy (non-hydrogen) atoms. The highest BCUT2D eigenvalue weighted by atomic mass is 79.9. The molecule has 0 aliphatic rings. The molecule has 0 saturated heterocycles. The summed E-state index contributed by atoms with van der Waals surface area (Å²) in [6, 6.07) is 11.6. The fourth-order valence-corrected chi connectivity index (χ4v) is 2.20. The van der Waals surface area contributed by atoms with E-state index in [-0.39, 0.29) is 11.4 Å². The zero-order valence-electron chi connectivity index (χ0n) is 9.68. The van der Waals surface area contributed by atoms with Gasteiger partial charge in [-0.05, 0) is 39.7 Å². The lowest BCUT2D eigenvalue weighted by atomic mass is 10.2. The van der Waals surface area contributed by atoms with Crippen LogP contribution in [0.25, 0.3) is 0 Å². The van der Waals surface area contributed by atoms with Crippen LogP contribution in [0, 0.1) is 10.1 Å². The summed E-state index contributed by atoms with van der Waals surface area (Å²) in [7, 11) is 0. The molecule has 2 aromatic carbocycles. The highest BCUT2D eigenvalue weighted by molar-refractivity contribution is 9.10. The van der Waals surface area contributed by atoms with Crippen molar-refractivity contribution in [1.82, 2.24) is 0 Å². The lowest BCUT2D eigenvalue weighted by Crippen LogP contribution is -1.93. The molecule has 0 N–H and O–H groups in total. The zero-order valence-corrected chi connectivity index (χ0v) is 12.0. The van der Waals surface area contributed by atoms with E-state index in [2.05, 4.69) is 15.9 Å². The van der Waals surface area contributed by atoms with Gasteiger partial charge < -0.3 is 4.74 Å². The molecule has 0 radical (unpaired) electrons. The van der Waals surface area contributed by atoms with Crippen LogP contribution in [0.3, 0.4) is 0 Å². The highest BCUT2D eigenvalue weighted by Crippen LogP contribution is 2.35. The average Bonchev–Trinajstić information content (AvgIpc) is 2.41. The molecule has 0 aromatic heterocycles. The van der Waals surface area contributed by atoms with Crippen molar-refractivity contribution in [3.8, 4) is 11.5 Å². The minimum atomic E-state index is -0.476. The molecule has 0 unspecified atom stereocenters. The first-order chi connectivity index (χ1) is 9.11. The zero-order chi connectivity index (χ0) is 13.8. The molecule has 2 rings (SSSR count). The first-order valence-corrected chi connectivity index (χ1v) is 6.70. The van der Waals surface area contributed by atoms with Crippen LogP contribution in [0.1, 0.15) is 5.56 Å². The monoisotopic (exact) mass is 341 g/mol. The van der Waals surface area contributed by atoms with Gasteiger partial charge in [-0.1, -0.05) is 18.2 Å². The van der Waals surface area contributed by atoms with Crippen molar-refractivity contribution in [2.45, 2.75) is 5.88 Å². The Labute approximate surface area is 123 Å². The van der Waals surface area contributed by atoms with Crippen molar-refractivity contribution in [2.24, 2.45) is 0 Å². The van der Waals surface area contributed by atoms with Crippen LogP contribution in [-0.4, -0.2) is 4.92 Å². The Balaban J connectivity index is 2.34. The number of alkyl halides is 1. The Morgan fingerprint density at radius 3 is 2.58 bits per heavy atom. The Morgan fingerprint density at radius 2 is 1.95 bits per heavy atom. The molecule has 0 amide bonds. The van der Waals surface area contributed by atoms with Crippen LogP contribution in [0.2, 0.25) is 0 Å². The maximum Gasteiger partial charge on any atom is 0.311 e. The van der Waals surface area contributed by atoms with E-state index in [1.807, 2.05) is 12.1 Å². The summed E-state index contributed by atoms with van der Waals surface area (Å²) in [5, 5.41) is 10.9. The number of benzene rings is 2. The SMILES string of the molecule is O=[N+]([O-])c1ccccc1Oc1ccc(CCl)cc1Br. The van der Waals surface area contributed by atoms with Crippen molar-refractivity contribution in [1.29, 1.82) is 0 Å². The minimum Gasteiger partial charge on any atom is -0.449 e. The van der Waals surface area contributed by atoms with Gasteiger partial charge in [-0.2, -0.15) is 0 Å². The van der Waals surface area contributed by atoms with Gasteiger partial charge in [-0.15, -0.1) is 11.6 Å². The minimum absolute atomic E-state index is 0.0733. The third-order valence-corrected chi connectivity index (χ3v) is 3.36. The molecule has 0 atom stereocenters. The first-order valence-electron chi connectivity index (χ1n) is 5.37. The van der Waals surface area contributed by atoms with Crippen LogP contribution in [0.15, 0.2) is 46.9 Å². The van der Waals surface area contributed by atoms with Crippen LogP contribution in [0.5, 0.6) is 11.5 Å². The molecule has 0 fully saturated rings. The number of nitrogens with zero attached hydrogens (tertiary/aromatic N) is 1. The number of rotatable bonds is 4. The molecule has 0 aliphatic carbocycles. The van der Waals surface area contributed by atoms with Gasteiger partial charge in [0.15, 0.2) is 0 Å². The van der Waals surface area contributed by atoms with Gasteiger partial charge in [0.2, 0.25) is 5.75 Å². The third-order valence-electron chi connectivity index (χ3n) is 2.43. The van der Waals surface area contributed by atoms with Crippen LogP contribution in [0.4, 0.5) is 5.69 Å². The second-order valence-corrected chi connectivity index (χ2v) is 4.85. The van der Waals surface area contributed by atoms with Crippen molar-refractivity contribution >= 4 is 33.2 Å². The molecule has 2 aromatic rings. The second-order valence-electron chi connectivity index (χ2n) is 3.73. The first kappa shape index (κ1) is 13.8. The van der Waals surface area contributed by atoms with E-state index in [1.54, 1.807) is 24.3 Å². The number of halogens is 2. The summed E-state index contributed by atoms with van der Waals surface area (Å²) in [5.74, 6) is 1.10. The third kappa shape index (κ3) is 3.24. The number of nitro benzene ring substituents is 1. The van der Waals surface area contributed by atoms with Gasteiger partial charge in [-0.25, -0.2) is 0 Å². The van der Waals surface area contributed by atoms with Crippen molar-refractivity contribution in [3.05, 3.63) is 62.6 Å². The lowest BCUT2D eigenvalue weighted by molar-refractivity contribution is -0.385. The maximum absolute atomic E-state index is 10.9. The quantitative estimate of drug-likeness (QED) is 0.451. The van der Waals surface area contributed by atoms with Crippen LogP contribution >= 0.6 is 27.5 Å². The van der Waals surface area contributed by atoms with E-state index in [1.165, 1.54) is 6.07 Å². The van der Waals surface area contributed by atoms with Crippen molar-refractivity contribution in [2.75, 3.05) is 0 Å². The standard InChI is InChI=1S/C13H9BrClNO3/c14-10-7-9(8-15)5-6-12(10)19-13-4-2-1-3-11(13)16(17)18/h1-7H,8H2. The van der Waals surface area contributed by atoms with Crippen molar-refractivity contribution in [3.63, 3.8) is 0 Å². The second kappa shape index (κ2) is 6.04. The van der Waals surface area contributed by atoms with E-state index in [0.717, 1.165) is 5.56 Å². The average molecular weight is 343 g/mol. The van der Waals surface area contributed by atoms with Gasteiger partial charge in [-0.3, -0.25) is 10.1 Å². The predicted molar refractivity (Wildman–Crippen MR) is 76.9 cm³/mol. The van der Waals surface area contributed by atoms with E-state index in [9.17, 15) is 10.1 Å². The Hall–Kier alpha value is -1.59. The van der Waals surface area contributed by atoms with E-state index in [0.29, 0.717) is 16.1 Å². The fourth-order valence-electron chi connectivity index (χ4n) is 1.52. The predicted octanol–water partition coefficient (Wildman–Crippen LogP) is 4.89. The summed E-state index contributed by atoms with van der Waals surface area (Å²) in [5.41, 5.74) is 0.860. The molecule has 0 aliphatic heterocycles. The summed E-state index contributed by atoms with van der Waals surface area (Å²) >= 11 is 9.08. The van der Waals surface area contributed by atoms with Gasteiger partial charge in [0.05, 0.1) is 9.40 Å². The summed E-state index contributed by atoms with van der Waals surface area (Å²) in [6.45, 7) is 0. The van der Waals surface area contributed by atoms with Crippen molar-refractivity contribution < 1.29 is 9.66 Å². The van der Waals surface area contributed by atoms with Gasteiger partial charge >= 0.3 is 5.69 Å². The largest absolute Gasteiger partial charge is 0.449 e. The number of para-hydroxylation sites is 2. The Kier molecular flexibility index (Phi) is 4.39. The number of hydrogen-bond donors (Lipinski definition) is 0. The fraction of sp³-hybridized carbons (Fsp3) is 0.0769. The summed E-state index contributed by atoms with van der Waals surface area (Å²) < 4.78 is 6.27. The number of ether oxygens (including phenoxy) is 1.